The Balaban J connectivity index is 2.14. The van der Waals surface area contributed by atoms with Gasteiger partial charge in [0.05, 0.1) is 0 Å². The van der Waals surface area contributed by atoms with Gasteiger partial charge in [0.1, 0.15) is 18.2 Å². The van der Waals surface area contributed by atoms with Crippen LogP contribution >= 0.6 is 0 Å². The average Bonchev–Trinajstić information content (AvgIpc) is 2.48. The Kier molecular flexibility index (Phi) is 5.34. The standard InChI is InChI=1S/C18H22FNO/c1-3-16(20)11-15-10-13(2)8-9-18(15)21-12-14-6-4-5-7-17(14)19/h4-10,16H,3,11-12,20H2,1-2H3. The summed E-state index contributed by atoms with van der Waals surface area (Å²) in [5.41, 5.74) is 8.86. The number of ether oxygens (including phenoxy) is 1. The molecule has 2 nitrogen and oxygen atoms in total. The molecule has 0 fully saturated rings. The van der Waals surface area contributed by atoms with Crippen LogP contribution in [0.2, 0.25) is 0 Å². The van der Waals surface area contributed by atoms with Crippen LogP contribution in [0.3, 0.4) is 0 Å². The van der Waals surface area contributed by atoms with Gasteiger partial charge in [0.15, 0.2) is 0 Å². The van der Waals surface area contributed by atoms with E-state index in [1.807, 2.05) is 25.1 Å². The van der Waals surface area contributed by atoms with Crippen LogP contribution < -0.4 is 10.5 Å². The summed E-state index contributed by atoms with van der Waals surface area (Å²) in [7, 11) is 0. The Morgan fingerprint density at radius 3 is 2.62 bits per heavy atom. The first kappa shape index (κ1) is 15.5. The lowest BCUT2D eigenvalue weighted by molar-refractivity contribution is 0.296. The van der Waals surface area contributed by atoms with E-state index in [4.69, 9.17) is 10.5 Å². The van der Waals surface area contributed by atoms with E-state index in [9.17, 15) is 4.39 Å². The fraction of sp³-hybridized carbons (Fsp3) is 0.333. The second-order valence-electron chi connectivity index (χ2n) is 5.36. The second-order valence-corrected chi connectivity index (χ2v) is 5.36. The molecule has 112 valence electrons. The lowest BCUT2D eigenvalue weighted by atomic mass is 10.0. The number of rotatable bonds is 6. The van der Waals surface area contributed by atoms with Crippen molar-refractivity contribution in [1.82, 2.24) is 0 Å². The molecule has 0 aliphatic carbocycles. The molecule has 21 heavy (non-hydrogen) atoms. The number of hydrogen-bond acceptors (Lipinski definition) is 2. The van der Waals surface area contributed by atoms with E-state index in [2.05, 4.69) is 13.0 Å². The zero-order chi connectivity index (χ0) is 15.2. The molecule has 0 spiro atoms. The molecule has 0 saturated carbocycles. The predicted molar refractivity (Wildman–Crippen MR) is 83.9 cm³/mol. The second kappa shape index (κ2) is 7.23. The summed E-state index contributed by atoms with van der Waals surface area (Å²) in [4.78, 5) is 0. The highest BCUT2D eigenvalue weighted by Crippen LogP contribution is 2.23. The molecule has 1 atom stereocenters. The molecule has 0 bridgehead atoms. The molecule has 0 aromatic heterocycles. The van der Waals surface area contributed by atoms with Gasteiger partial charge in [0.2, 0.25) is 0 Å². The Morgan fingerprint density at radius 2 is 1.90 bits per heavy atom. The van der Waals surface area contributed by atoms with Crippen LogP contribution in [0.15, 0.2) is 42.5 Å². The number of aryl methyl sites for hydroxylation is 1. The van der Waals surface area contributed by atoms with Gasteiger partial charge in [-0.2, -0.15) is 0 Å². The summed E-state index contributed by atoms with van der Waals surface area (Å²) in [5.74, 6) is 0.546. The topological polar surface area (TPSA) is 35.2 Å². The van der Waals surface area contributed by atoms with Crippen LogP contribution in [0.5, 0.6) is 5.75 Å². The summed E-state index contributed by atoms with van der Waals surface area (Å²) in [5, 5.41) is 0. The van der Waals surface area contributed by atoms with E-state index in [0.29, 0.717) is 5.56 Å². The zero-order valence-corrected chi connectivity index (χ0v) is 12.6. The highest BCUT2D eigenvalue weighted by Gasteiger charge is 2.09. The van der Waals surface area contributed by atoms with Crippen molar-refractivity contribution in [2.75, 3.05) is 0 Å². The molecule has 0 radical (unpaired) electrons. The fourth-order valence-electron chi connectivity index (χ4n) is 2.21. The van der Waals surface area contributed by atoms with Gasteiger partial charge >= 0.3 is 0 Å². The van der Waals surface area contributed by atoms with Crippen LogP contribution in [0, 0.1) is 12.7 Å². The number of nitrogens with two attached hydrogens (primary N) is 1. The zero-order valence-electron chi connectivity index (χ0n) is 12.6. The largest absolute Gasteiger partial charge is 0.489 e. The summed E-state index contributed by atoms with van der Waals surface area (Å²) < 4.78 is 19.4. The van der Waals surface area contributed by atoms with Crippen molar-refractivity contribution < 1.29 is 9.13 Å². The minimum absolute atomic E-state index is 0.114. The third-order valence-corrected chi connectivity index (χ3v) is 3.56. The maximum absolute atomic E-state index is 13.6. The van der Waals surface area contributed by atoms with Gasteiger partial charge in [0.25, 0.3) is 0 Å². The molecular weight excluding hydrogens is 265 g/mol. The first-order chi connectivity index (χ1) is 10.1. The van der Waals surface area contributed by atoms with Crippen molar-refractivity contribution in [2.45, 2.75) is 39.3 Å². The van der Waals surface area contributed by atoms with Crippen molar-refractivity contribution in [2.24, 2.45) is 5.73 Å². The van der Waals surface area contributed by atoms with E-state index in [1.165, 1.54) is 11.6 Å². The van der Waals surface area contributed by atoms with Crippen LogP contribution in [-0.2, 0) is 13.0 Å². The molecule has 2 aromatic rings. The summed E-state index contributed by atoms with van der Waals surface area (Å²) >= 11 is 0. The Labute approximate surface area is 125 Å². The number of halogens is 1. The first-order valence-corrected chi connectivity index (χ1v) is 7.31. The summed E-state index contributed by atoms with van der Waals surface area (Å²) in [6.07, 6.45) is 1.69. The van der Waals surface area contributed by atoms with Crippen molar-refractivity contribution in [3.05, 3.63) is 65.0 Å². The molecule has 2 rings (SSSR count). The molecule has 2 N–H and O–H groups in total. The highest BCUT2D eigenvalue weighted by molar-refractivity contribution is 5.37. The SMILES string of the molecule is CCC(N)Cc1cc(C)ccc1OCc1ccccc1F. The summed E-state index contributed by atoms with van der Waals surface area (Å²) in [6, 6.07) is 12.8. The van der Waals surface area contributed by atoms with Crippen LogP contribution in [0.25, 0.3) is 0 Å². The maximum atomic E-state index is 13.6. The van der Waals surface area contributed by atoms with Crippen LogP contribution in [0.1, 0.15) is 30.0 Å². The first-order valence-electron chi connectivity index (χ1n) is 7.31. The van der Waals surface area contributed by atoms with Gasteiger partial charge in [-0.15, -0.1) is 0 Å². The molecule has 0 aliphatic heterocycles. The summed E-state index contributed by atoms with van der Waals surface area (Å²) in [6.45, 7) is 4.34. The van der Waals surface area contributed by atoms with E-state index in [1.54, 1.807) is 12.1 Å². The van der Waals surface area contributed by atoms with Gasteiger partial charge in [-0.1, -0.05) is 42.8 Å². The van der Waals surface area contributed by atoms with Crippen molar-refractivity contribution in [1.29, 1.82) is 0 Å². The number of benzene rings is 2. The molecule has 0 aliphatic rings. The molecule has 3 heteroatoms. The highest BCUT2D eigenvalue weighted by atomic mass is 19.1. The third kappa shape index (κ3) is 4.30. The van der Waals surface area contributed by atoms with Crippen LogP contribution in [0.4, 0.5) is 4.39 Å². The van der Waals surface area contributed by atoms with Gasteiger partial charge in [0, 0.05) is 11.6 Å². The van der Waals surface area contributed by atoms with Gasteiger partial charge in [-0.3, -0.25) is 0 Å². The third-order valence-electron chi connectivity index (χ3n) is 3.56. The van der Waals surface area contributed by atoms with Gasteiger partial charge in [-0.05, 0) is 37.5 Å². The van der Waals surface area contributed by atoms with E-state index in [-0.39, 0.29) is 18.5 Å². The minimum atomic E-state index is -0.239. The smallest absolute Gasteiger partial charge is 0.129 e. The lowest BCUT2D eigenvalue weighted by Crippen LogP contribution is -2.21. The normalized spacial score (nSPS) is 12.2. The Bertz CT molecular complexity index is 598. The van der Waals surface area contributed by atoms with Crippen molar-refractivity contribution in [3.8, 4) is 5.75 Å². The minimum Gasteiger partial charge on any atom is -0.489 e. The Hall–Kier alpha value is -1.87. The monoisotopic (exact) mass is 287 g/mol. The Morgan fingerprint density at radius 1 is 1.14 bits per heavy atom. The van der Waals surface area contributed by atoms with E-state index < -0.39 is 0 Å². The van der Waals surface area contributed by atoms with Gasteiger partial charge in [-0.25, -0.2) is 4.39 Å². The molecule has 0 heterocycles. The van der Waals surface area contributed by atoms with Crippen molar-refractivity contribution in [3.63, 3.8) is 0 Å². The molecule has 2 aromatic carbocycles. The van der Waals surface area contributed by atoms with Crippen molar-refractivity contribution >= 4 is 0 Å². The molecular formula is C18H22FNO. The van der Waals surface area contributed by atoms with E-state index >= 15 is 0 Å². The van der Waals surface area contributed by atoms with E-state index in [0.717, 1.165) is 24.2 Å². The van der Waals surface area contributed by atoms with Crippen LogP contribution in [-0.4, -0.2) is 6.04 Å². The lowest BCUT2D eigenvalue weighted by Gasteiger charge is -2.15. The quantitative estimate of drug-likeness (QED) is 0.871. The van der Waals surface area contributed by atoms with Gasteiger partial charge < -0.3 is 10.5 Å². The molecule has 0 saturated heterocycles. The molecule has 0 amide bonds. The predicted octanol–water partition coefficient (Wildman–Crippen LogP) is 3.99. The number of hydrogen-bond donors (Lipinski definition) is 1. The molecule has 1 unspecified atom stereocenters. The maximum Gasteiger partial charge on any atom is 0.129 e. The fourth-order valence-corrected chi connectivity index (χ4v) is 2.21. The average molecular weight is 287 g/mol.